The summed E-state index contributed by atoms with van der Waals surface area (Å²) in [5, 5.41) is 11.1. The Balaban J connectivity index is 4.84. The van der Waals surface area contributed by atoms with Gasteiger partial charge in [-0.3, -0.25) is 19.6 Å². The molecule has 0 bridgehead atoms. The van der Waals surface area contributed by atoms with Gasteiger partial charge in [-0.25, -0.2) is 5.48 Å². The third kappa shape index (κ3) is 6.51. The molecule has 0 aliphatic rings. The van der Waals surface area contributed by atoms with Gasteiger partial charge in [0.05, 0.1) is 0 Å². The Morgan fingerprint density at radius 2 is 1.70 bits per heavy atom. The van der Waals surface area contributed by atoms with Gasteiger partial charge in [0.25, 0.3) is 0 Å². The Labute approximate surface area is 119 Å². The largest absolute Gasteiger partial charge is 0.368 e. The highest BCUT2D eigenvalue weighted by atomic mass is 16.5. The van der Waals surface area contributed by atoms with Crippen LogP contribution in [0.25, 0.3) is 0 Å². The van der Waals surface area contributed by atoms with Gasteiger partial charge in [0.1, 0.15) is 6.04 Å². The fraction of sp³-hybridized carbons (Fsp3) is 0.769. The van der Waals surface area contributed by atoms with Gasteiger partial charge in [0.2, 0.25) is 17.7 Å². The quantitative estimate of drug-likeness (QED) is 0.375. The molecule has 7 heteroatoms. The van der Waals surface area contributed by atoms with Crippen LogP contribution in [-0.4, -0.2) is 29.0 Å². The molecule has 116 valence electrons. The molecular formula is C13H25N3O4. The maximum absolute atomic E-state index is 12.2. The van der Waals surface area contributed by atoms with Crippen molar-refractivity contribution in [3.63, 3.8) is 0 Å². The second-order valence-corrected chi connectivity index (χ2v) is 5.70. The predicted molar refractivity (Wildman–Crippen MR) is 73.5 cm³/mol. The Morgan fingerprint density at radius 1 is 1.15 bits per heavy atom. The minimum atomic E-state index is -0.769. The van der Waals surface area contributed by atoms with Crippen molar-refractivity contribution in [3.8, 4) is 0 Å². The highest BCUT2D eigenvalue weighted by molar-refractivity contribution is 5.90. The van der Waals surface area contributed by atoms with E-state index in [1.165, 1.54) is 5.48 Å². The van der Waals surface area contributed by atoms with Crippen molar-refractivity contribution < 1.29 is 19.6 Å². The number of primary amides is 1. The minimum absolute atomic E-state index is 0.135. The van der Waals surface area contributed by atoms with Crippen LogP contribution >= 0.6 is 0 Å². The fourth-order valence-corrected chi connectivity index (χ4v) is 1.96. The molecular weight excluding hydrogens is 262 g/mol. The van der Waals surface area contributed by atoms with Crippen LogP contribution in [0, 0.1) is 17.8 Å². The minimum Gasteiger partial charge on any atom is -0.368 e. The molecule has 1 unspecified atom stereocenters. The number of nitrogens with two attached hydrogens (primary N) is 1. The van der Waals surface area contributed by atoms with E-state index in [1.54, 1.807) is 13.8 Å². The molecule has 0 saturated heterocycles. The second kappa shape index (κ2) is 8.52. The van der Waals surface area contributed by atoms with Gasteiger partial charge in [-0.15, -0.1) is 0 Å². The van der Waals surface area contributed by atoms with Crippen LogP contribution < -0.4 is 16.5 Å². The maximum Gasteiger partial charge on any atom is 0.244 e. The van der Waals surface area contributed by atoms with Gasteiger partial charge < -0.3 is 11.1 Å². The lowest BCUT2D eigenvalue weighted by Crippen LogP contribution is -2.50. The highest BCUT2D eigenvalue weighted by Crippen LogP contribution is 2.16. The lowest BCUT2D eigenvalue weighted by molar-refractivity contribution is -0.136. The van der Waals surface area contributed by atoms with Crippen molar-refractivity contribution in [2.24, 2.45) is 23.5 Å². The van der Waals surface area contributed by atoms with Crippen molar-refractivity contribution in [2.45, 2.75) is 46.6 Å². The van der Waals surface area contributed by atoms with Crippen molar-refractivity contribution in [1.29, 1.82) is 0 Å². The molecule has 5 N–H and O–H groups in total. The number of rotatable bonds is 8. The lowest BCUT2D eigenvalue weighted by Gasteiger charge is -2.23. The predicted octanol–water partition coefficient (Wildman–Crippen LogP) is 0.170. The SMILES string of the molecule is CC(C)CC(CC(=O)NO)C(=O)N[C@H](C(N)=O)C(C)C. The van der Waals surface area contributed by atoms with Crippen LogP contribution in [0.1, 0.15) is 40.5 Å². The molecule has 0 radical (unpaired) electrons. The first-order chi connectivity index (χ1) is 9.18. The van der Waals surface area contributed by atoms with Crippen LogP contribution in [0.4, 0.5) is 0 Å². The Hall–Kier alpha value is -1.63. The third-order valence-electron chi connectivity index (χ3n) is 2.95. The summed E-state index contributed by atoms with van der Waals surface area (Å²) in [7, 11) is 0. The first-order valence-corrected chi connectivity index (χ1v) is 6.71. The van der Waals surface area contributed by atoms with E-state index < -0.39 is 29.7 Å². The third-order valence-corrected chi connectivity index (χ3v) is 2.95. The number of hydrogen-bond donors (Lipinski definition) is 4. The molecule has 0 spiro atoms. The summed E-state index contributed by atoms with van der Waals surface area (Å²) in [6.45, 7) is 7.39. The molecule has 7 nitrogen and oxygen atoms in total. The molecule has 0 fully saturated rings. The molecule has 2 atom stereocenters. The van der Waals surface area contributed by atoms with Crippen molar-refractivity contribution in [3.05, 3.63) is 0 Å². The van der Waals surface area contributed by atoms with Crippen LogP contribution in [-0.2, 0) is 14.4 Å². The van der Waals surface area contributed by atoms with Gasteiger partial charge in [-0.1, -0.05) is 27.7 Å². The average molecular weight is 287 g/mol. The van der Waals surface area contributed by atoms with Gasteiger partial charge >= 0.3 is 0 Å². The molecule has 0 aliphatic heterocycles. The number of hydrogen-bond acceptors (Lipinski definition) is 4. The molecule has 0 rings (SSSR count). The number of hydroxylamine groups is 1. The van der Waals surface area contributed by atoms with Gasteiger partial charge in [-0.2, -0.15) is 0 Å². The highest BCUT2D eigenvalue weighted by Gasteiger charge is 2.28. The normalized spacial score (nSPS) is 13.9. The van der Waals surface area contributed by atoms with Gasteiger partial charge in [0.15, 0.2) is 0 Å². The van der Waals surface area contributed by atoms with E-state index in [-0.39, 0.29) is 18.3 Å². The average Bonchev–Trinajstić information content (AvgIpc) is 2.33. The van der Waals surface area contributed by atoms with Crippen LogP contribution in [0.2, 0.25) is 0 Å². The summed E-state index contributed by atoms with van der Waals surface area (Å²) >= 11 is 0. The zero-order valence-corrected chi connectivity index (χ0v) is 12.5. The summed E-state index contributed by atoms with van der Waals surface area (Å²) in [5.74, 6) is -2.19. The van der Waals surface area contributed by atoms with Crippen LogP contribution in [0.5, 0.6) is 0 Å². The summed E-state index contributed by atoms with van der Waals surface area (Å²) in [5.41, 5.74) is 6.75. The van der Waals surface area contributed by atoms with Gasteiger partial charge in [-0.05, 0) is 18.3 Å². The molecule has 0 aromatic rings. The summed E-state index contributed by atoms with van der Waals surface area (Å²) in [6.07, 6.45) is 0.340. The Morgan fingerprint density at radius 3 is 2.05 bits per heavy atom. The van der Waals surface area contributed by atoms with Crippen LogP contribution in [0.3, 0.4) is 0 Å². The molecule has 0 aromatic carbocycles. The molecule has 3 amide bonds. The first-order valence-electron chi connectivity index (χ1n) is 6.71. The Kier molecular flexibility index (Phi) is 7.83. The number of amides is 3. The van der Waals surface area contributed by atoms with E-state index in [1.807, 2.05) is 13.8 Å². The summed E-state index contributed by atoms with van der Waals surface area (Å²) in [4.78, 5) is 34.7. The summed E-state index contributed by atoms with van der Waals surface area (Å²) in [6, 6.07) is -0.769. The molecule has 20 heavy (non-hydrogen) atoms. The number of carbonyl (C=O) groups excluding carboxylic acids is 3. The lowest BCUT2D eigenvalue weighted by atomic mass is 9.92. The van der Waals surface area contributed by atoms with E-state index in [4.69, 9.17) is 10.9 Å². The van der Waals surface area contributed by atoms with E-state index in [2.05, 4.69) is 5.32 Å². The molecule has 0 heterocycles. The molecule has 0 saturated carbocycles. The zero-order chi connectivity index (χ0) is 15.9. The van der Waals surface area contributed by atoms with Crippen molar-refractivity contribution in [1.82, 2.24) is 10.8 Å². The van der Waals surface area contributed by atoms with E-state index in [9.17, 15) is 14.4 Å². The topological polar surface area (TPSA) is 122 Å². The second-order valence-electron chi connectivity index (χ2n) is 5.70. The van der Waals surface area contributed by atoms with Crippen molar-refractivity contribution >= 4 is 17.7 Å². The molecule has 0 aliphatic carbocycles. The number of nitrogens with one attached hydrogen (secondary N) is 2. The van der Waals surface area contributed by atoms with E-state index in [0.717, 1.165) is 0 Å². The maximum atomic E-state index is 12.2. The first kappa shape index (κ1) is 18.4. The van der Waals surface area contributed by atoms with Crippen molar-refractivity contribution in [2.75, 3.05) is 0 Å². The Bertz CT molecular complexity index is 356. The monoisotopic (exact) mass is 287 g/mol. The summed E-state index contributed by atoms with van der Waals surface area (Å²) < 4.78 is 0. The molecule has 0 aromatic heterocycles. The standard InChI is InChI=1S/C13H25N3O4/c1-7(2)5-9(6-10(17)16-20)13(19)15-11(8(3)4)12(14)18/h7-9,11,20H,5-6H2,1-4H3,(H2,14,18)(H,15,19)(H,16,17)/t9?,11-/m0/s1. The smallest absolute Gasteiger partial charge is 0.244 e. The van der Waals surface area contributed by atoms with E-state index >= 15 is 0 Å². The van der Waals surface area contributed by atoms with Gasteiger partial charge in [0, 0.05) is 12.3 Å². The zero-order valence-electron chi connectivity index (χ0n) is 12.5. The number of carbonyl (C=O) groups is 3. The van der Waals surface area contributed by atoms with Crippen LogP contribution in [0.15, 0.2) is 0 Å². The van der Waals surface area contributed by atoms with E-state index in [0.29, 0.717) is 6.42 Å². The fourth-order valence-electron chi connectivity index (χ4n) is 1.96.